The molecule has 0 aliphatic heterocycles. The van der Waals surface area contributed by atoms with E-state index in [2.05, 4.69) is 5.32 Å². The molecule has 0 fully saturated rings. The lowest BCUT2D eigenvalue weighted by Crippen LogP contribution is -2.24. The Bertz CT molecular complexity index is 510. The third kappa shape index (κ3) is 3.55. The minimum Gasteiger partial charge on any atom is -0.388 e. The first-order chi connectivity index (χ1) is 8.66. The van der Waals surface area contributed by atoms with Gasteiger partial charge >= 0.3 is 0 Å². The van der Waals surface area contributed by atoms with Gasteiger partial charge in [0, 0.05) is 11.4 Å². The first-order valence-electron chi connectivity index (χ1n) is 5.42. The zero-order chi connectivity index (χ0) is 13.0. The van der Waals surface area contributed by atoms with Crippen LogP contribution in [0.5, 0.6) is 0 Å². The summed E-state index contributed by atoms with van der Waals surface area (Å²) in [7, 11) is 0. The molecular weight excluding hydrogens is 290 g/mol. The van der Waals surface area contributed by atoms with Gasteiger partial charge in [0.05, 0.1) is 15.3 Å². The molecule has 0 aromatic carbocycles. The average Bonchev–Trinajstić information content (AvgIpc) is 2.99. The fraction of sp³-hybridized carbons (Fsp3) is 0.250. The molecule has 2 rings (SSSR count). The first-order valence-corrected chi connectivity index (χ1v) is 7.49. The normalized spacial score (nSPS) is 12.3. The van der Waals surface area contributed by atoms with Crippen molar-refractivity contribution in [2.24, 2.45) is 0 Å². The Morgan fingerprint density at radius 2 is 2.28 bits per heavy atom. The van der Waals surface area contributed by atoms with Gasteiger partial charge in [0.25, 0.3) is 5.91 Å². The van der Waals surface area contributed by atoms with E-state index in [4.69, 9.17) is 11.6 Å². The van der Waals surface area contributed by atoms with Crippen molar-refractivity contribution in [3.05, 3.63) is 43.7 Å². The van der Waals surface area contributed by atoms with Gasteiger partial charge in [-0.15, -0.1) is 22.7 Å². The highest BCUT2D eigenvalue weighted by molar-refractivity contribution is 7.18. The standard InChI is InChI=1S/C12H12ClNO2S2/c13-11-4-3-10(18-11)12(16)14-6-5-8(15)9-2-1-7-17-9/h1-4,7-8,15H,5-6H2,(H,14,16)/t8-/m1/s1. The molecule has 0 aliphatic rings. The van der Waals surface area contributed by atoms with Crippen LogP contribution in [0.1, 0.15) is 27.1 Å². The topological polar surface area (TPSA) is 49.3 Å². The molecule has 0 spiro atoms. The number of amides is 1. The number of carbonyl (C=O) groups excluding carboxylic acids is 1. The molecule has 0 bridgehead atoms. The lowest BCUT2D eigenvalue weighted by atomic mass is 10.2. The smallest absolute Gasteiger partial charge is 0.261 e. The number of aliphatic hydroxyl groups excluding tert-OH is 1. The Balaban J connectivity index is 1.77. The van der Waals surface area contributed by atoms with E-state index in [9.17, 15) is 9.90 Å². The number of hydrogen-bond donors (Lipinski definition) is 2. The summed E-state index contributed by atoms with van der Waals surface area (Å²) in [6.07, 6.45) is -0.0111. The number of halogens is 1. The Morgan fingerprint density at radius 1 is 1.44 bits per heavy atom. The summed E-state index contributed by atoms with van der Waals surface area (Å²) in [5.74, 6) is -0.148. The van der Waals surface area contributed by atoms with E-state index in [0.29, 0.717) is 22.2 Å². The van der Waals surface area contributed by atoms with Crippen LogP contribution in [0.4, 0.5) is 0 Å². The van der Waals surface area contributed by atoms with Crippen LogP contribution in [0.2, 0.25) is 4.34 Å². The van der Waals surface area contributed by atoms with Crippen LogP contribution < -0.4 is 5.32 Å². The molecule has 1 atom stereocenters. The fourth-order valence-electron chi connectivity index (χ4n) is 1.47. The Kier molecular flexibility index (Phi) is 4.77. The third-order valence-electron chi connectivity index (χ3n) is 2.37. The lowest BCUT2D eigenvalue weighted by molar-refractivity contribution is 0.0947. The van der Waals surface area contributed by atoms with Crippen LogP contribution in [0.15, 0.2) is 29.6 Å². The highest BCUT2D eigenvalue weighted by Gasteiger charge is 2.11. The van der Waals surface area contributed by atoms with E-state index >= 15 is 0 Å². The number of aliphatic hydroxyl groups is 1. The molecule has 96 valence electrons. The molecule has 2 heterocycles. The molecule has 18 heavy (non-hydrogen) atoms. The van der Waals surface area contributed by atoms with Crippen LogP contribution in [0.3, 0.4) is 0 Å². The molecule has 0 radical (unpaired) electrons. The maximum atomic E-state index is 11.7. The molecule has 0 unspecified atom stereocenters. The van der Waals surface area contributed by atoms with Gasteiger partial charge < -0.3 is 10.4 Å². The van der Waals surface area contributed by atoms with E-state index in [-0.39, 0.29) is 5.91 Å². The van der Waals surface area contributed by atoms with Crippen molar-refractivity contribution in [3.63, 3.8) is 0 Å². The van der Waals surface area contributed by atoms with E-state index in [1.54, 1.807) is 12.1 Å². The number of rotatable bonds is 5. The van der Waals surface area contributed by atoms with E-state index in [0.717, 1.165) is 4.88 Å². The van der Waals surface area contributed by atoms with Gasteiger partial charge in [0.2, 0.25) is 0 Å². The van der Waals surface area contributed by atoms with Gasteiger partial charge in [-0.1, -0.05) is 17.7 Å². The maximum Gasteiger partial charge on any atom is 0.261 e. The van der Waals surface area contributed by atoms with Crippen molar-refractivity contribution in [2.45, 2.75) is 12.5 Å². The number of carbonyl (C=O) groups is 1. The van der Waals surface area contributed by atoms with Crippen molar-refractivity contribution in [1.29, 1.82) is 0 Å². The molecule has 0 aliphatic carbocycles. The van der Waals surface area contributed by atoms with Gasteiger partial charge in [0.15, 0.2) is 0 Å². The summed E-state index contributed by atoms with van der Waals surface area (Å²) in [5, 5.41) is 14.5. The molecule has 3 nitrogen and oxygen atoms in total. The molecule has 1 amide bonds. The van der Waals surface area contributed by atoms with Crippen molar-refractivity contribution in [3.8, 4) is 0 Å². The van der Waals surface area contributed by atoms with Crippen molar-refractivity contribution >= 4 is 40.2 Å². The Labute approximate surface area is 118 Å². The number of nitrogens with one attached hydrogen (secondary N) is 1. The van der Waals surface area contributed by atoms with E-state index in [1.807, 2.05) is 17.5 Å². The van der Waals surface area contributed by atoms with E-state index in [1.165, 1.54) is 22.7 Å². The summed E-state index contributed by atoms with van der Waals surface area (Å²) in [6, 6.07) is 7.17. The molecule has 6 heteroatoms. The Hall–Kier alpha value is -0.880. The summed E-state index contributed by atoms with van der Waals surface area (Å²) >= 11 is 8.51. The molecule has 2 aromatic heterocycles. The van der Waals surface area contributed by atoms with Crippen LogP contribution in [-0.4, -0.2) is 17.6 Å². The predicted molar refractivity (Wildman–Crippen MR) is 75.6 cm³/mol. The summed E-state index contributed by atoms with van der Waals surface area (Å²) in [4.78, 5) is 13.2. The van der Waals surface area contributed by atoms with Gasteiger partial charge in [-0.25, -0.2) is 0 Å². The van der Waals surface area contributed by atoms with Crippen molar-refractivity contribution in [2.75, 3.05) is 6.54 Å². The molecule has 0 saturated carbocycles. The SMILES string of the molecule is O=C(NCC[C@@H](O)c1cccs1)c1ccc(Cl)s1. The summed E-state index contributed by atoms with van der Waals surface area (Å²) in [6.45, 7) is 0.438. The molecule has 2 N–H and O–H groups in total. The molecule has 2 aromatic rings. The quantitative estimate of drug-likeness (QED) is 0.890. The van der Waals surface area contributed by atoms with Gasteiger partial charge in [-0.2, -0.15) is 0 Å². The second-order valence-electron chi connectivity index (χ2n) is 3.68. The van der Waals surface area contributed by atoms with Crippen LogP contribution in [0, 0.1) is 0 Å². The lowest BCUT2D eigenvalue weighted by Gasteiger charge is -2.08. The molecular formula is C12H12ClNO2S2. The highest BCUT2D eigenvalue weighted by Crippen LogP contribution is 2.22. The second kappa shape index (κ2) is 6.33. The monoisotopic (exact) mass is 301 g/mol. The highest BCUT2D eigenvalue weighted by atomic mass is 35.5. The zero-order valence-electron chi connectivity index (χ0n) is 9.43. The van der Waals surface area contributed by atoms with Crippen LogP contribution >= 0.6 is 34.3 Å². The summed E-state index contributed by atoms with van der Waals surface area (Å²) in [5.41, 5.74) is 0. The van der Waals surface area contributed by atoms with E-state index < -0.39 is 6.10 Å². The maximum absolute atomic E-state index is 11.7. The second-order valence-corrected chi connectivity index (χ2v) is 6.37. The summed E-state index contributed by atoms with van der Waals surface area (Å²) < 4.78 is 0.596. The largest absolute Gasteiger partial charge is 0.388 e. The van der Waals surface area contributed by atoms with Crippen LogP contribution in [-0.2, 0) is 0 Å². The average molecular weight is 302 g/mol. The zero-order valence-corrected chi connectivity index (χ0v) is 11.8. The van der Waals surface area contributed by atoms with Gasteiger partial charge in [0.1, 0.15) is 0 Å². The van der Waals surface area contributed by atoms with Crippen molar-refractivity contribution < 1.29 is 9.90 Å². The predicted octanol–water partition coefficient (Wildman–Crippen LogP) is 3.32. The van der Waals surface area contributed by atoms with Crippen LogP contribution in [0.25, 0.3) is 0 Å². The molecule has 0 saturated heterocycles. The number of hydrogen-bond acceptors (Lipinski definition) is 4. The van der Waals surface area contributed by atoms with Gasteiger partial charge in [-0.05, 0) is 30.0 Å². The fourth-order valence-corrected chi connectivity index (χ4v) is 3.17. The minimum absolute atomic E-state index is 0.148. The Morgan fingerprint density at radius 3 is 2.89 bits per heavy atom. The minimum atomic E-state index is -0.516. The van der Waals surface area contributed by atoms with Gasteiger partial charge in [-0.3, -0.25) is 4.79 Å². The third-order valence-corrected chi connectivity index (χ3v) is 4.58. The van der Waals surface area contributed by atoms with Crippen molar-refractivity contribution in [1.82, 2.24) is 5.32 Å². The first kappa shape index (κ1) is 13.5. The number of thiophene rings is 2.